The Morgan fingerprint density at radius 1 is 1.39 bits per heavy atom. The monoisotopic (exact) mass is 269 g/mol. The van der Waals surface area contributed by atoms with Gasteiger partial charge in [0.25, 0.3) is 0 Å². The lowest BCUT2D eigenvalue weighted by molar-refractivity contribution is -0.120. The van der Waals surface area contributed by atoms with Gasteiger partial charge in [-0.3, -0.25) is 4.79 Å². The van der Waals surface area contributed by atoms with Gasteiger partial charge in [-0.15, -0.1) is 11.6 Å². The van der Waals surface area contributed by atoms with E-state index in [1.165, 1.54) is 5.56 Å². The molecule has 1 rings (SSSR count). The van der Waals surface area contributed by atoms with Crippen molar-refractivity contribution in [2.24, 2.45) is 0 Å². The molecule has 1 unspecified atom stereocenters. The van der Waals surface area contributed by atoms with Crippen molar-refractivity contribution in [3.8, 4) is 0 Å². The van der Waals surface area contributed by atoms with Crippen molar-refractivity contribution in [2.75, 3.05) is 20.3 Å². The number of rotatable bonds is 7. The molecule has 4 heteroatoms. The zero-order valence-corrected chi connectivity index (χ0v) is 11.7. The molecule has 0 bridgehead atoms. The maximum atomic E-state index is 11.7. The zero-order valence-electron chi connectivity index (χ0n) is 10.9. The molecule has 0 aliphatic heterocycles. The van der Waals surface area contributed by atoms with E-state index in [4.69, 9.17) is 16.3 Å². The average Bonchev–Trinajstić information content (AvgIpc) is 2.32. The van der Waals surface area contributed by atoms with Gasteiger partial charge in [-0.1, -0.05) is 29.8 Å². The van der Waals surface area contributed by atoms with Crippen LogP contribution in [0.3, 0.4) is 0 Å². The molecule has 0 radical (unpaired) electrons. The van der Waals surface area contributed by atoms with Crippen LogP contribution in [0, 0.1) is 6.92 Å². The molecule has 1 amide bonds. The van der Waals surface area contributed by atoms with Gasteiger partial charge in [0.1, 0.15) is 0 Å². The summed E-state index contributed by atoms with van der Waals surface area (Å²) in [5.41, 5.74) is 2.22. The first kappa shape index (κ1) is 15.0. The Balaban J connectivity index is 2.23. The first-order chi connectivity index (χ1) is 8.61. The normalized spacial score (nSPS) is 12.2. The van der Waals surface area contributed by atoms with Gasteiger partial charge in [-0.05, 0) is 18.9 Å². The molecule has 0 aliphatic carbocycles. The van der Waals surface area contributed by atoms with Crippen molar-refractivity contribution in [3.05, 3.63) is 35.4 Å². The SMILES string of the molecule is COCC(Cl)CCNC(=O)Cc1ccc(C)cc1. The summed E-state index contributed by atoms with van der Waals surface area (Å²) in [5.74, 6) is 0.0279. The lowest BCUT2D eigenvalue weighted by Crippen LogP contribution is -2.28. The third-order valence-electron chi connectivity index (χ3n) is 2.61. The molecule has 0 saturated carbocycles. The Morgan fingerprint density at radius 2 is 2.06 bits per heavy atom. The number of alkyl halides is 1. The topological polar surface area (TPSA) is 38.3 Å². The molecule has 0 aliphatic rings. The molecule has 3 nitrogen and oxygen atoms in total. The molecule has 1 atom stereocenters. The minimum atomic E-state index is -0.0466. The first-order valence-electron chi connectivity index (χ1n) is 6.07. The number of amides is 1. The molecule has 0 fully saturated rings. The van der Waals surface area contributed by atoms with E-state index < -0.39 is 0 Å². The minimum absolute atomic E-state index is 0.0279. The Kier molecular flexibility index (Phi) is 6.76. The summed E-state index contributed by atoms with van der Waals surface area (Å²) in [4.78, 5) is 11.7. The van der Waals surface area contributed by atoms with Gasteiger partial charge in [-0.25, -0.2) is 0 Å². The van der Waals surface area contributed by atoms with E-state index in [2.05, 4.69) is 5.32 Å². The third-order valence-corrected chi connectivity index (χ3v) is 2.96. The van der Waals surface area contributed by atoms with Gasteiger partial charge in [0.2, 0.25) is 5.91 Å². The van der Waals surface area contributed by atoms with E-state index in [0.29, 0.717) is 19.6 Å². The van der Waals surface area contributed by atoms with Crippen LogP contribution in [0.15, 0.2) is 24.3 Å². The number of carbonyl (C=O) groups excluding carboxylic acids is 1. The summed E-state index contributed by atoms with van der Waals surface area (Å²) >= 11 is 5.97. The number of ether oxygens (including phenoxy) is 1. The number of methoxy groups -OCH3 is 1. The minimum Gasteiger partial charge on any atom is -0.383 e. The van der Waals surface area contributed by atoms with E-state index >= 15 is 0 Å². The van der Waals surface area contributed by atoms with Crippen LogP contribution in [-0.2, 0) is 16.0 Å². The summed E-state index contributed by atoms with van der Waals surface area (Å²) in [5, 5.41) is 2.81. The highest BCUT2D eigenvalue weighted by Crippen LogP contribution is 2.04. The molecule has 0 heterocycles. The van der Waals surface area contributed by atoms with Gasteiger partial charge < -0.3 is 10.1 Å². The fourth-order valence-electron chi connectivity index (χ4n) is 1.59. The highest BCUT2D eigenvalue weighted by atomic mass is 35.5. The number of nitrogens with one attached hydrogen (secondary N) is 1. The van der Waals surface area contributed by atoms with E-state index in [9.17, 15) is 4.79 Å². The predicted molar refractivity (Wildman–Crippen MR) is 74.0 cm³/mol. The first-order valence-corrected chi connectivity index (χ1v) is 6.50. The number of carbonyl (C=O) groups is 1. The Morgan fingerprint density at radius 3 is 2.67 bits per heavy atom. The average molecular weight is 270 g/mol. The van der Waals surface area contributed by atoms with Gasteiger partial charge in [0.15, 0.2) is 0 Å². The maximum absolute atomic E-state index is 11.7. The summed E-state index contributed by atoms with van der Waals surface area (Å²) in [7, 11) is 1.62. The highest BCUT2D eigenvalue weighted by molar-refractivity contribution is 6.20. The van der Waals surface area contributed by atoms with E-state index in [1.54, 1.807) is 7.11 Å². The molecule has 0 aromatic heterocycles. The summed E-state index contributed by atoms with van der Waals surface area (Å²) in [6.45, 7) is 3.12. The maximum Gasteiger partial charge on any atom is 0.224 e. The zero-order chi connectivity index (χ0) is 13.4. The standard InChI is InChI=1S/C14H20ClNO2/c1-11-3-5-12(6-4-11)9-14(17)16-8-7-13(15)10-18-2/h3-6,13H,7-10H2,1-2H3,(H,16,17). The Labute approximate surface area is 113 Å². The van der Waals surface area contributed by atoms with Gasteiger partial charge in [0, 0.05) is 13.7 Å². The second kappa shape index (κ2) is 8.11. The summed E-state index contributed by atoms with van der Waals surface area (Å²) in [6, 6.07) is 7.97. The number of aryl methyl sites for hydroxylation is 1. The van der Waals surface area contributed by atoms with Crippen molar-refractivity contribution >= 4 is 17.5 Å². The molecule has 100 valence electrons. The van der Waals surface area contributed by atoms with Crippen LogP contribution < -0.4 is 5.32 Å². The van der Waals surface area contributed by atoms with E-state index in [1.807, 2.05) is 31.2 Å². The molecule has 1 aromatic rings. The van der Waals surface area contributed by atoms with Crippen molar-refractivity contribution in [3.63, 3.8) is 0 Å². The van der Waals surface area contributed by atoms with Gasteiger partial charge in [-0.2, -0.15) is 0 Å². The largest absolute Gasteiger partial charge is 0.383 e. The van der Waals surface area contributed by atoms with Crippen LogP contribution in [0.25, 0.3) is 0 Å². The molecular weight excluding hydrogens is 250 g/mol. The summed E-state index contributed by atoms with van der Waals surface area (Å²) < 4.78 is 4.92. The third kappa shape index (κ3) is 6.03. The summed E-state index contributed by atoms with van der Waals surface area (Å²) in [6.07, 6.45) is 1.13. The predicted octanol–water partition coefficient (Wildman–Crippen LogP) is 2.30. The molecule has 1 aromatic carbocycles. The van der Waals surface area contributed by atoms with Crippen LogP contribution in [0.1, 0.15) is 17.5 Å². The van der Waals surface area contributed by atoms with E-state index in [-0.39, 0.29) is 11.3 Å². The quantitative estimate of drug-likeness (QED) is 0.772. The van der Waals surface area contributed by atoms with Crippen LogP contribution in [0.4, 0.5) is 0 Å². The Bertz CT molecular complexity index is 365. The van der Waals surface area contributed by atoms with Gasteiger partial charge in [0.05, 0.1) is 18.4 Å². The molecule has 1 N–H and O–H groups in total. The second-order valence-electron chi connectivity index (χ2n) is 4.35. The number of hydrogen-bond donors (Lipinski definition) is 1. The van der Waals surface area contributed by atoms with Crippen molar-refractivity contribution in [2.45, 2.75) is 25.1 Å². The van der Waals surface area contributed by atoms with Crippen molar-refractivity contribution < 1.29 is 9.53 Å². The van der Waals surface area contributed by atoms with Crippen molar-refractivity contribution in [1.29, 1.82) is 0 Å². The van der Waals surface area contributed by atoms with Crippen LogP contribution in [0.2, 0.25) is 0 Å². The fraction of sp³-hybridized carbons (Fsp3) is 0.500. The molecule has 0 saturated heterocycles. The lowest BCUT2D eigenvalue weighted by atomic mass is 10.1. The molecular formula is C14H20ClNO2. The van der Waals surface area contributed by atoms with Crippen molar-refractivity contribution in [1.82, 2.24) is 5.32 Å². The number of benzene rings is 1. The van der Waals surface area contributed by atoms with Crippen LogP contribution in [-0.4, -0.2) is 31.5 Å². The highest BCUT2D eigenvalue weighted by Gasteiger charge is 2.06. The lowest BCUT2D eigenvalue weighted by Gasteiger charge is -2.09. The molecule has 18 heavy (non-hydrogen) atoms. The second-order valence-corrected chi connectivity index (χ2v) is 4.97. The number of hydrogen-bond acceptors (Lipinski definition) is 2. The Hall–Kier alpha value is -1.06. The van der Waals surface area contributed by atoms with Crippen LogP contribution in [0.5, 0.6) is 0 Å². The molecule has 0 spiro atoms. The van der Waals surface area contributed by atoms with Gasteiger partial charge >= 0.3 is 0 Å². The number of halogens is 1. The van der Waals surface area contributed by atoms with Crippen LogP contribution >= 0.6 is 11.6 Å². The van der Waals surface area contributed by atoms with E-state index in [0.717, 1.165) is 12.0 Å². The fourth-order valence-corrected chi connectivity index (χ4v) is 1.82. The smallest absolute Gasteiger partial charge is 0.224 e.